The molecule has 0 saturated carbocycles. The molecule has 74 valence electrons. The molecule has 4 nitrogen and oxygen atoms in total. The second-order valence-corrected chi connectivity index (χ2v) is 4.28. The molecule has 0 aromatic carbocycles. The molecule has 2 heterocycles. The lowest BCUT2D eigenvalue weighted by molar-refractivity contribution is 0.313. The first kappa shape index (κ1) is 8.17. The quantitative estimate of drug-likeness (QED) is 0.607. The first-order valence-corrected chi connectivity index (χ1v) is 5.12. The highest BCUT2D eigenvalue weighted by molar-refractivity contribution is 5.26. The molecule has 1 aromatic rings. The van der Waals surface area contributed by atoms with E-state index in [-0.39, 0.29) is 5.69 Å². The fourth-order valence-corrected chi connectivity index (χ4v) is 2.67. The van der Waals surface area contributed by atoms with Crippen molar-refractivity contribution >= 4 is 0 Å². The summed E-state index contributed by atoms with van der Waals surface area (Å²) in [5.41, 5.74) is 2.15. The van der Waals surface area contributed by atoms with Gasteiger partial charge in [0.05, 0.1) is 0 Å². The van der Waals surface area contributed by atoms with Crippen molar-refractivity contribution in [2.45, 2.75) is 18.8 Å². The molecule has 4 heteroatoms. The lowest BCUT2D eigenvalue weighted by Gasteiger charge is -2.35. The molecule has 1 aromatic heterocycles. The Hall–Kier alpha value is -1.16. The van der Waals surface area contributed by atoms with Crippen LogP contribution in [0.2, 0.25) is 0 Å². The van der Waals surface area contributed by atoms with Gasteiger partial charge in [0.15, 0.2) is 0 Å². The van der Waals surface area contributed by atoms with Gasteiger partial charge in [-0.3, -0.25) is 0 Å². The van der Waals surface area contributed by atoms with Gasteiger partial charge >= 0.3 is 5.69 Å². The van der Waals surface area contributed by atoms with E-state index in [0.29, 0.717) is 11.8 Å². The largest absolute Gasteiger partial charge is 0.345 e. The molecule has 2 N–H and O–H groups in total. The Morgan fingerprint density at radius 1 is 1.43 bits per heavy atom. The van der Waals surface area contributed by atoms with Gasteiger partial charge in [0.25, 0.3) is 0 Å². The van der Waals surface area contributed by atoms with Crippen molar-refractivity contribution in [1.82, 2.24) is 15.3 Å². The normalized spacial score (nSPS) is 29.7. The van der Waals surface area contributed by atoms with E-state index in [1.54, 1.807) is 6.20 Å². The third-order valence-electron chi connectivity index (χ3n) is 3.30. The summed E-state index contributed by atoms with van der Waals surface area (Å²) in [6.45, 7) is 2.11. The monoisotopic (exact) mass is 191 g/mol. The van der Waals surface area contributed by atoms with Gasteiger partial charge in [-0.2, -0.15) is 0 Å². The molecule has 3 rings (SSSR count). The molecule has 2 bridgehead atoms. The van der Waals surface area contributed by atoms with Crippen LogP contribution in [-0.4, -0.2) is 23.1 Å². The van der Waals surface area contributed by atoms with Crippen molar-refractivity contribution in [3.8, 4) is 0 Å². The first-order valence-electron chi connectivity index (χ1n) is 5.12. The zero-order valence-electron chi connectivity index (χ0n) is 7.92. The molecule has 14 heavy (non-hydrogen) atoms. The van der Waals surface area contributed by atoms with Gasteiger partial charge < -0.3 is 10.3 Å². The topological polar surface area (TPSA) is 57.8 Å². The molecule has 1 fully saturated rings. The van der Waals surface area contributed by atoms with Crippen LogP contribution in [-0.2, 0) is 6.42 Å². The Morgan fingerprint density at radius 3 is 3.29 bits per heavy atom. The zero-order chi connectivity index (χ0) is 9.54. The second kappa shape index (κ2) is 2.92. The molecular formula is C10H13N3O. The van der Waals surface area contributed by atoms with Gasteiger partial charge in [-0.15, -0.1) is 0 Å². The van der Waals surface area contributed by atoms with Crippen molar-refractivity contribution in [1.29, 1.82) is 0 Å². The van der Waals surface area contributed by atoms with E-state index in [4.69, 9.17) is 0 Å². The van der Waals surface area contributed by atoms with Crippen LogP contribution in [0.3, 0.4) is 0 Å². The van der Waals surface area contributed by atoms with Crippen molar-refractivity contribution < 1.29 is 0 Å². The maximum atomic E-state index is 11.1. The number of aromatic nitrogens is 2. The standard InChI is InChI=1S/C10H13N3O/c14-10-12-5-8-7-1-6(3-11-4-7)2-9(8)13-10/h5-7,11H,1-4H2,(H,12,13,14). The number of hydrogen-bond donors (Lipinski definition) is 2. The van der Waals surface area contributed by atoms with Crippen molar-refractivity contribution in [3.63, 3.8) is 0 Å². The number of aromatic amines is 1. The highest BCUT2D eigenvalue weighted by Gasteiger charge is 2.30. The fourth-order valence-electron chi connectivity index (χ4n) is 2.67. The minimum atomic E-state index is -0.211. The Balaban J connectivity index is 2.10. The summed E-state index contributed by atoms with van der Waals surface area (Å²) in [5.74, 6) is 1.25. The van der Waals surface area contributed by atoms with Crippen LogP contribution in [0, 0.1) is 5.92 Å². The number of rotatable bonds is 0. The predicted molar refractivity (Wildman–Crippen MR) is 52.3 cm³/mol. The number of H-pyrrole nitrogens is 1. The van der Waals surface area contributed by atoms with Crippen molar-refractivity contribution in [3.05, 3.63) is 27.9 Å². The lowest BCUT2D eigenvalue weighted by atomic mass is 9.77. The third kappa shape index (κ3) is 1.18. The number of nitrogens with one attached hydrogen (secondary N) is 2. The van der Waals surface area contributed by atoms with Gasteiger partial charge in [0.2, 0.25) is 0 Å². The van der Waals surface area contributed by atoms with E-state index in [2.05, 4.69) is 15.3 Å². The Kier molecular flexibility index (Phi) is 1.70. The SMILES string of the molecule is O=c1ncc2c([nH]1)CC1CNCC2C1. The van der Waals surface area contributed by atoms with Crippen molar-refractivity contribution in [2.24, 2.45) is 5.92 Å². The van der Waals surface area contributed by atoms with E-state index in [9.17, 15) is 4.79 Å². The van der Waals surface area contributed by atoms with Gasteiger partial charge in [-0.25, -0.2) is 9.78 Å². The number of hydrogen-bond acceptors (Lipinski definition) is 3. The highest BCUT2D eigenvalue weighted by atomic mass is 16.1. The molecule has 2 aliphatic rings. The molecule has 0 spiro atoms. The van der Waals surface area contributed by atoms with Crippen LogP contribution in [0.15, 0.2) is 11.0 Å². The van der Waals surface area contributed by atoms with E-state index in [1.807, 2.05) is 0 Å². The van der Waals surface area contributed by atoms with E-state index < -0.39 is 0 Å². The van der Waals surface area contributed by atoms with Gasteiger partial charge in [-0.05, 0) is 36.8 Å². The van der Waals surface area contributed by atoms with Crippen LogP contribution < -0.4 is 11.0 Å². The summed E-state index contributed by atoms with van der Waals surface area (Å²) in [4.78, 5) is 17.7. The Bertz CT molecular complexity index is 412. The summed E-state index contributed by atoms with van der Waals surface area (Å²) >= 11 is 0. The first-order chi connectivity index (χ1) is 6.83. The zero-order valence-corrected chi connectivity index (χ0v) is 7.92. The predicted octanol–water partition coefficient (Wildman–Crippen LogP) is 0.0191. The van der Waals surface area contributed by atoms with Crippen LogP contribution >= 0.6 is 0 Å². The third-order valence-corrected chi connectivity index (χ3v) is 3.30. The van der Waals surface area contributed by atoms with Crippen LogP contribution in [0.5, 0.6) is 0 Å². The average Bonchev–Trinajstić information content (AvgIpc) is 2.17. The molecule has 1 saturated heterocycles. The van der Waals surface area contributed by atoms with Crippen LogP contribution in [0.25, 0.3) is 0 Å². The maximum absolute atomic E-state index is 11.1. The van der Waals surface area contributed by atoms with Gasteiger partial charge in [0, 0.05) is 18.4 Å². The number of nitrogens with zero attached hydrogens (tertiary/aromatic N) is 1. The molecule has 0 amide bonds. The molecule has 1 aliphatic heterocycles. The second-order valence-electron chi connectivity index (χ2n) is 4.28. The number of piperidine rings is 1. The fraction of sp³-hybridized carbons (Fsp3) is 0.600. The van der Waals surface area contributed by atoms with Gasteiger partial charge in [0.1, 0.15) is 0 Å². The number of fused-ring (bicyclic) bond motifs is 4. The van der Waals surface area contributed by atoms with E-state index >= 15 is 0 Å². The Labute approximate surface area is 81.8 Å². The van der Waals surface area contributed by atoms with E-state index in [0.717, 1.165) is 25.2 Å². The Morgan fingerprint density at radius 2 is 2.36 bits per heavy atom. The maximum Gasteiger partial charge on any atom is 0.345 e. The van der Waals surface area contributed by atoms with Crippen LogP contribution in [0.4, 0.5) is 0 Å². The van der Waals surface area contributed by atoms with Gasteiger partial charge in [-0.1, -0.05) is 0 Å². The summed E-state index contributed by atoms with van der Waals surface area (Å²) in [6, 6.07) is 0. The molecular weight excluding hydrogens is 178 g/mol. The molecule has 2 atom stereocenters. The minimum Gasteiger partial charge on any atom is -0.316 e. The summed E-state index contributed by atoms with van der Waals surface area (Å²) in [5, 5.41) is 3.42. The molecule has 1 aliphatic carbocycles. The highest BCUT2D eigenvalue weighted by Crippen LogP contribution is 2.34. The smallest absolute Gasteiger partial charge is 0.316 e. The van der Waals surface area contributed by atoms with Crippen molar-refractivity contribution in [2.75, 3.05) is 13.1 Å². The minimum absolute atomic E-state index is 0.211. The average molecular weight is 191 g/mol. The summed E-state index contributed by atoms with van der Waals surface area (Å²) in [7, 11) is 0. The molecule has 0 radical (unpaired) electrons. The van der Waals surface area contributed by atoms with Crippen LogP contribution in [0.1, 0.15) is 23.6 Å². The van der Waals surface area contributed by atoms with E-state index in [1.165, 1.54) is 12.0 Å². The lowest BCUT2D eigenvalue weighted by Crippen LogP contribution is -2.40. The molecule has 2 unspecified atom stereocenters. The summed E-state index contributed by atoms with van der Waals surface area (Å²) < 4.78 is 0. The summed E-state index contributed by atoms with van der Waals surface area (Å²) in [6.07, 6.45) is 3.99.